The third-order valence-electron chi connectivity index (χ3n) is 4.93. The number of amides is 1. The lowest BCUT2D eigenvalue weighted by atomic mass is 10.0. The summed E-state index contributed by atoms with van der Waals surface area (Å²) in [5.41, 5.74) is 0.964. The first kappa shape index (κ1) is 20.4. The van der Waals surface area contributed by atoms with Gasteiger partial charge in [-0.2, -0.15) is 4.31 Å². The lowest BCUT2D eigenvalue weighted by Crippen LogP contribution is -2.37. The number of sulfonamides is 1. The third kappa shape index (κ3) is 4.54. The summed E-state index contributed by atoms with van der Waals surface area (Å²) >= 11 is 0. The van der Waals surface area contributed by atoms with Crippen LogP contribution in [0.25, 0.3) is 0 Å². The summed E-state index contributed by atoms with van der Waals surface area (Å²) in [6.45, 7) is 5.59. The molecule has 1 fully saturated rings. The number of piperidine rings is 1. The summed E-state index contributed by atoms with van der Waals surface area (Å²) < 4.78 is 32.6. The van der Waals surface area contributed by atoms with E-state index >= 15 is 0 Å². The van der Waals surface area contributed by atoms with E-state index < -0.39 is 10.0 Å². The molecule has 1 saturated heterocycles. The average molecular weight is 403 g/mol. The van der Waals surface area contributed by atoms with Crippen LogP contribution >= 0.6 is 0 Å². The fourth-order valence-corrected chi connectivity index (χ4v) is 4.67. The van der Waals surface area contributed by atoms with Gasteiger partial charge in [-0.1, -0.05) is 19.1 Å². The molecule has 1 N–H and O–H groups in total. The molecule has 1 aliphatic heterocycles. The zero-order valence-corrected chi connectivity index (χ0v) is 17.0. The second-order valence-electron chi connectivity index (χ2n) is 6.99. The number of nitrogens with one attached hydrogen (secondary N) is 1. The monoisotopic (exact) mass is 402 g/mol. The van der Waals surface area contributed by atoms with Crippen molar-refractivity contribution >= 4 is 21.6 Å². The van der Waals surface area contributed by atoms with Crippen molar-refractivity contribution in [3.05, 3.63) is 54.1 Å². The van der Waals surface area contributed by atoms with Gasteiger partial charge in [0.1, 0.15) is 5.75 Å². The van der Waals surface area contributed by atoms with Crippen LogP contribution in [0.4, 0.5) is 5.69 Å². The second kappa shape index (κ2) is 8.75. The molecule has 7 heteroatoms. The molecule has 2 aromatic rings. The van der Waals surface area contributed by atoms with E-state index in [4.69, 9.17) is 4.74 Å². The van der Waals surface area contributed by atoms with E-state index in [1.165, 1.54) is 28.6 Å². The number of nitrogens with zero attached hydrogens (tertiary/aromatic N) is 1. The van der Waals surface area contributed by atoms with Crippen LogP contribution in [0.3, 0.4) is 0 Å². The lowest BCUT2D eigenvalue weighted by molar-refractivity contribution is 0.102. The summed E-state index contributed by atoms with van der Waals surface area (Å²) in [6.07, 6.45) is 1.75. The Kier molecular flexibility index (Phi) is 6.36. The van der Waals surface area contributed by atoms with Crippen LogP contribution in [0.5, 0.6) is 5.75 Å². The summed E-state index contributed by atoms with van der Waals surface area (Å²) in [5.74, 6) is 0.830. The molecule has 0 saturated carbocycles. The predicted molar refractivity (Wildman–Crippen MR) is 109 cm³/mol. The minimum Gasteiger partial charge on any atom is -0.492 e. The quantitative estimate of drug-likeness (QED) is 0.798. The van der Waals surface area contributed by atoms with Gasteiger partial charge in [-0.25, -0.2) is 8.42 Å². The number of hydrogen-bond donors (Lipinski definition) is 1. The van der Waals surface area contributed by atoms with Crippen LogP contribution in [-0.2, 0) is 10.0 Å². The Bertz CT molecular complexity index is 918. The Labute approximate surface area is 166 Å². The van der Waals surface area contributed by atoms with Gasteiger partial charge in [0, 0.05) is 18.7 Å². The van der Waals surface area contributed by atoms with Gasteiger partial charge in [0.05, 0.1) is 17.2 Å². The maximum atomic E-state index is 12.8. The number of para-hydroxylation sites is 2. The molecule has 0 aliphatic carbocycles. The molecule has 0 aromatic heterocycles. The van der Waals surface area contributed by atoms with Crippen LogP contribution in [-0.4, -0.2) is 38.3 Å². The average Bonchev–Trinajstić information content (AvgIpc) is 2.70. The molecule has 0 bridgehead atoms. The van der Waals surface area contributed by atoms with Crippen LogP contribution < -0.4 is 10.1 Å². The van der Waals surface area contributed by atoms with Crippen LogP contribution in [0.15, 0.2) is 53.4 Å². The van der Waals surface area contributed by atoms with E-state index in [0.717, 1.165) is 12.8 Å². The Morgan fingerprint density at radius 2 is 1.75 bits per heavy atom. The number of benzene rings is 2. The highest BCUT2D eigenvalue weighted by molar-refractivity contribution is 7.89. The summed E-state index contributed by atoms with van der Waals surface area (Å²) in [5, 5.41) is 2.81. The molecule has 1 heterocycles. The molecule has 1 amide bonds. The van der Waals surface area contributed by atoms with Gasteiger partial charge in [-0.15, -0.1) is 0 Å². The minimum absolute atomic E-state index is 0.216. The lowest BCUT2D eigenvalue weighted by Gasteiger charge is -2.29. The Hall–Kier alpha value is -2.38. The highest BCUT2D eigenvalue weighted by Gasteiger charge is 2.28. The Morgan fingerprint density at radius 3 is 2.39 bits per heavy atom. The third-order valence-corrected chi connectivity index (χ3v) is 6.84. The predicted octanol–water partition coefficient (Wildman–Crippen LogP) is 3.76. The molecule has 28 heavy (non-hydrogen) atoms. The first-order valence-corrected chi connectivity index (χ1v) is 11.0. The summed E-state index contributed by atoms with van der Waals surface area (Å²) in [7, 11) is -3.52. The summed E-state index contributed by atoms with van der Waals surface area (Å²) in [6, 6.07) is 13.3. The van der Waals surface area contributed by atoms with Crippen molar-refractivity contribution in [3.8, 4) is 5.75 Å². The SMILES string of the molecule is CCOc1ccccc1NC(=O)c1ccc(S(=O)(=O)N2CCC(C)CC2)cc1. The van der Waals surface area contributed by atoms with Gasteiger partial charge in [0.25, 0.3) is 5.91 Å². The summed E-state index contributed by atoms with van der Waals surface area (Å²) in [4.78, 5) is 12.8. The van der Waals surface area contributed by atoms with Gasteiger partial charge in [-0.3, -0.25) is 4.79 Å². The van der Waals surface area contributed by atoms with Crippen LogP contribution in [0.2, 0.25) is 0 Å². The van der Waals surface area contributed by atoms with E-state index in [9.17, 15) is 13.2 Å². The van der Waals surface area contributed by atoms with Gasteiger partial charge < -0.3 is 10.1 Å². The zero-order valence-electron chi connectivity index (χ0n) is 16.2. The molecular weight excluding hydrogens is 376 g/mol. The zero-order chi connectivity index (χ0) is 20.1. The Balaban J connectivity index is 1.73. The van der Waals surface area contributed by atoms with Crippen molar-refractivity contribution in [2.45, 2.75) is 31.6 Å². The van der Waals surface area contributed by atoms with E-state index in [1.54, 1.807) is 12.1 Å². The molecule has 0 spiro atoms. The molecule has 0 radical (unpaired) electrons. The first-order chi connectivity index (χ1) is 13.4. The Morgan fingerprint density at radius 1 is 1.11 bits per heavy atom. The van der Waals surface area contributed by atoms with Crippen molar-refractivity contribution in [1.29, 1.82) is 0 Å². The largest absolute Gasteiger partial charge is 0.492 e. The highest BCUT2D eigenvalue weighted by Crippen LogP contribution is 2.26. The molecule has 2 aromatic carbocycles. The van der Waals surface area contributed by atoms with E-state index in [-0.39, 0.29) is 10.8 Å². The number of hydrogen-bond acceptors (Lipinski definition) is 4. The van der Waals surface area contributed by atoms with E-state index in [1.807, 2.05) is 19.1 Å². The maximum absolute atomic E-state index is 12.8. The van der Waals surface area contributed by atoms with Crippen LogP contribution in [0.1, 0.15) is 37.0 Å². The molecule has 0 atom stereocenters. The number of rotatable bonds is 6. The molecular formula is C21H26N2O4S. The highest BCUT2D eigenvalue weighted by atomic mass is 32.2. The standard InChI is InChI=1S/C21H26N2O4S/c1-3-27-20-7-5-4-6-19(20)22-21(24)17-8-10-18(11-9-17)28(25,26)23-14-12-16(2)13-15-23/h4-11,16H,3,12-15H2,1-2H3,(H,22,24). The smallest absolute Gasteiger partial charge is 0.255 e. The van der Waals surface area contributed by atoms with E-state index in [2.05, 4.69) is 12.2 Å². The minimum atomic E-state index is -3.52. The van der Waals surface area contributed by atoms with Crippen molar-refractivity contribution in [2.75, 3.05) is 25.0 Å². The topological polar surface area (TPSA) is 75.7 Å². The van der Waals surface area contributed by atoms with Gasteiger partial charge in [0.2, 0.25) is 10.0 Å². The van der Waals surface area contributed by atoms with Crippen LogP contribution in [0, 0.1) is 5.92 Å². The van der Waals surface area contributed by atoms with Gasteiger partial charge in [-0.05, 0) is 62.1 Å². The van der Waals surface area contributed by atoms with Crippen molar-refractivity contribution in [3.63, 3.8) is 0 Å². The number of carbonyl (C=O) groups is 1. The molecule has 3 rings (SSSR count). The molecule has 150 valence electrons. The first-order valence-electron chi connectivity index (χ1n) is 9.55. The van der Waals surface area contributed by atoms with Crippen molar-refractivity contribution in [2.24, 2.45) is 5.92 Å². The fourth-order valence-electron chi connectivity index (χ4n) is 3.20. The molecule has 6 nitrogen and oxygen atoms in total. The maximum Gasteiger partial charge on any atom is 0.255 e. The van der Waals surface area contributed by atoms with Crippen molar-refractivity contribution in [1.82, 2.24) is 4.31 Å². The van der Waals surface area contributed by atoms with Gasteiger partial charge >= 0.3 is 0 Å². The number of carbonyl (C=O) groups excluding carboxylic acids is 1. The fraction of sp³-hybridized carbons (Fsp3) is 0.381. The van der Waals surface area contributed by atoms with Crippen molar-refractivity contribution < 1.29 is 17.9 Å². The molecule has 1 aliphatic rings. The molecule has 0 unspecified atom stereocenters. The second-order valence-corrected chi connectivity index (χ2v) is 8.93. The van der Waals surface area contributed by atoms with Gasteiger partial charge in [0.15, 0.2) is 0 Å². The van der Waals surface area contributed by atoms with E-state index in [0.29, 0.717) is 42.6 Å². The number of ether oxygens (including phenoxy) is 1. The normalized spacial score (nSPS) is 15.9. The number of anilines is 1.